The van der Waals surface area contributed by atoms with Crippen molar-refractivity contribution in [3.05, 3.63) is 63.9 Å². The summed E-state index contributed by atoms with van der Waals surface area (Å²) in [5.74, 6) is 1.99. The van der Waals surface area contributed by atoms with Crippen LogP contribution in [-0.2, 0) is 12.8 Å². The molecule has 0 radical (unpaired) electrons. The second-order valence-corrected chi connectivity index (χ2v) is 10.4. The van der Waals surface area contributed by atoms with Crippen LogP contribution >= 0.6 is 22.9 Å². The number of hydrogen-bond acceptors (Lipinski definition) is 6. The molecule has 1 aliphatic carbocycles. The van der Waals surface area contributed by atoms with Crippen LogP contribution in [0.1, 0.15) is 28.8 Å². The Morgan fingerprint density at radius 2 is 1.70 bits per heavy atom. The number of anilines is 2. The highest BCUT2D eigenvalue weighted by Gasteiger charge is 2.25. The van der Waals surface area contributed by atoms with Gasteiger partial charge in [-0.15, -0.1) is 11.3 Å². The molecule has 1 saturated heterocycles. The van der Waals surface area contributed by atoms with E-state index in [-0.39, 0.29) is 0 Å². The van der Waals surface area contributed by atoms with E-state index in [9.17, 15) is 0 Å². The molecular weight excluding hydrogens is 450 g/mol. The standard InChI is InChI=1S/C26H26ClN5S/c1-17-22(20-10-9-18-6-2-3-7-19(18)16-20)23-24(29-26(27)30-25(23)33-17)32-14-12-31(13-15-32)21-8-4-5-11-28-21/h4-5,8-11,16H,2-3,6-7,12-15H2,1H3. The maximum Gasteiger partial charge on any atom is 0.225 e. The number of piperazine rings is 1. The van der Waals surface area contributed by atoms with Crippen LogP contribution in [0.25, 0.3) is 21.3 Å². The summed E-state index contributed by atoms with van der Waals surface area (Å²) in [7, 11) is 0. The van der Waals surface area contributed by atoms with Crippen molar-refractivity contribution in [2.75, 3.05) is 36.0 Å². The highest BCUT2D eigenvalue weighted by molar-refractivity contribution is 7.19. The van der Waals surface area contributed by atoms with Crippen molar-refractivity contribution in [2.24, 2.45) is 0 Å². The molecule has 4 aromatic rings. The zero-order valence-electron chi connectivity index (χ0n) is 18.7. The summed E-state index contributed by atoms with van der Waals surface area (Å²) in [6, 6.07) is 13.1. The van der Waals surface area contributed by atoms with Crippen molar-refractivity contribution in [2.45, 2.75) is 32.6 Å². The van der Waals surface area contributed by atoms with E-state index in [1.54, 1.807) is 11.3 Å². The Morgan fingerprint density at radius 3 is 2.48 bits per heavy atom. The SMILES string of the molecule is Cc1sc2nc(Cl)nc(N3CCN(c4ccccn4)CC3)c2c1-c1ccc2c(c1)CCCC2. The lowest BCUT2D eigenvalue weighted by atomic mass is 9.89. The van der Waals surface area contributed by atoms with Gasteiger partial charge in [0.25, 0.3) is 0 Å². The first kappa shape index (κ1) is 20.9. The second kappa shape index (κ2) is 8.58. The zero-order chi connectivity index (χ0) is 22.4. The fourth-order valence-corrected chi connectivity index (χ4v) is 6.48. The lowest BCUT2D eigenvalue weighted by Crippen LogP contribution is -2.47. The predicted octanol–water partition coefficient (Wildman–Crippen LogP) is 5.92. The topological polar surface area (TPSA) is 45.2 Å². The molecule has 6 rings (SSSR count). The first-order chi connectivity index (χ1) is 16.2. The van der Waals surface area contributed by atoms with Crippen LogP contribution < -0.4 is 9.80 Å². The van der Waals surface area contributed by atoms with Gasteiger partial charge < -0.3 is 9.80 Å². The Hall–Kier alpha value is -2.70. The molecule has 0 N–H and O–H groups in total. The van der Waals surface area contributed by atoms with Crippen LogP contribution in [0.4, 0.5) is 11.6 Å². The van der Waals surface area contributed by atoms with Crippen LogP contribution in [0.15, 0.2) is 42.6 Å². The van der Waals surface area contributed by atoms with E-state index in [0.717, 1.165) is 48.0 Å². The lowest BCUT2D eigenvalue weighted by Gasteiger charge is -2.36. The van der Waals surface area contributed by atoms with Gasteiger partial charge in [0.15, 0.2) is 0 Å². The van der Waals surface area contributed by atoms with Gasteiger partial charge in [0.05, 0.1) is 5.39 Å². The number of fused-ring (bicyclic) bond motifs is 2. The predicted molar refractivity (Wildman–Crippen MR) is 138 cm³/mol. The molecule has 4 heterocycles. The number of pyridine rings is 1. The summed E-state index contributed by atoms with van der Waals surface area (Å²) >= 11 is 8.13. The maximum atomic E-state index is 6.41. The summed E-state index contributed by atoms with van der Waals surface area (Å²) in [4.78, 5) is 20.8. The van der Waals surface area contributed by atoms with Gasteiger partial charge in [-0.25, -0.2) is 9.97 Å². The Balaban J connectivity index is 1.39. The normalized spacial score (nSPS) is 16.3. The average Bonchev–Trinajstić information content (AvgIpc) is 3.19. The number of nitrogens with zero attached hydrogens (tertiary/aromatic N) is 5. The summed E-state index contributed by atoms with van der Waals surface area (Å²) in [6.45, 7) is 5.74. The fraction of sp³-hybridized carbons (Fsp3) is 0.346. The third-order valence-corrected chi connectivity index (χ3v) is 8.04. The quantitative estimate of drug-likeness (QED) is 0.344. The van der Waals surface area contributed by atoms with Gasteiger partial charge >= 0.3 is 0 Å². The number of rotatable bonds is 3. The summed E-state index contributed by atoms with van der Waals surface area (Å²) in [6.07, 6.45) is 6.81. The maximum absolute atomic E-state index is 6.41. The summed E-state index contributed by atoms with van der Waals surface area (Å²) in [5.41, 5.74) is 5.55. The van der Waals surface area contributed by atoms with Gasteiger partial charge in [-0.2, -0.15) is 4.98 Å². The number of thiophene rings is 1. The molecule has 0 spiro atoms. The molecule has 0 unspecified atom stereocenters. The van der Waals surface area contributed by atoms with E-state index in [0.29, 0.717) is 5.28 Å². The van der Waals surface area contributed by atoms with Gasteiger partial charge in [-0.1, -0.05) is 24.3 Å². The number of benzene rings is 1. The van der Waals surface area contributed by atoms with Gasteiger partial charge in [-0.3, -0.25) is 0 Å². The molecule has 2 aliphatic rings. The average molecular weight is 476 g/mol. The summed E-state index contributed by atoms with van der Waals surface area (Å²) < 4.78 is 0. The molecular formula is C26H26ClN5S. The first-order valence-electron chi connectivity index (χ1n) is 11.7. The van der Waals surface area contributed by atoms with E-state index in [1.807, 2.05) is 18.3 Å². The Labute approximate surface area is 203 Å². The molecule has 0 amide bonds. The van der Waals surface area contributed by atoms with Crippen molar-refractivity contribution in [1.82, 2.24) is 15.0 Å². The number of halogens is 1. The highest BCUT2D eigenvalue weighted by atomic mass is 35.5. The minimum Gasteiger partial charge on any atom is -0.353 e. The molecule has 1 fully saturated rings. The minimum absolute atomic E-state index is 0.322. The van der Waals surface area contributed by atoms with Crippen molar-refractivity contribution < 1.29 is 0 Å². The van der Waals surface area contributed by atoms with Crippen molar-refractivity contribution >= 4 is 44.8 Å². The van der Waals surface area contributed by atoms with Crippen LogP contribution in [0.2, 0.25) is 5.28 Å². The molecule has 1 aliphatic heterocycles. The third-order valence-electron chi connectivity index (χ3n) is 6.87. The molecule has 0 atom stereocenters. The molecule has 1 aromatic carbocycles. The van der Waals surface area contributed by atoms with Crippen LogP contribution in [0, 0.1) is 6.92 Å². The Morgan fingerprint density at radius 1 is 0.909 bits per heavy atom. The van der Waals surface area contributed by atoms with Gasteiger partial charge in [0.2, 0.25) is 5.28 Å². The summed E-state index contributed by atoms with van der Waals surface area (Å²) in [5, 5.41) is 1.46. The van der Waals surface area contributed by atoms with Crippen LogP contribution in [-0.4, -0.2) is 41.1 Å². The monoisotopic (exact) mass is 475 g/mol. The molecule has 168 valence electrons. The van der Waals surface area contributed by atoms with Gasteiger partial charge in [0.1, 0.15) is 16.5 Å². The van der Waals surface area contributed by atoms with Gasteiger partial charge in [-0.05, 0) is 73.0 Å². The molecule has 0 bridgehead atoms. The largest absolute Gasteiger partial charge is 0.353 e. The fourth-order valence-electron chi connectivity index (χ4n) is 5.22. The number of aryl methyl sites for hydroxylation is 3. The molecule has 0 saturated carbocycles. The first-order valence-corrected chi connectivity index (χ1v) is 12.9. The van der Waals surface area contributed by atoms with Crippen LogP contribution in [0.5, 0.6) is 0 Å². The molecule has 5 nitrogen and oxygen atoms in total. The third kappa shape index (κ3) is 3.85. The molecule has 7 heteroatoms. The Kier molecular flexibility index (Phi) is 5.43. The molecule has 33 heavy (non-hydrogen) atoms. The lowest BCUT2D eigenvalue weighted by molar-refractivity contribution is 0.643. The number of aromatic nitrogens is 3. The van der Waals surface area contributed by atoms with Crippen molar-refractivity contribution in [3.8, 4) is 11.1 Å². The Bertz CT molecular complexity index is 1310. The van der Waals surface area contributed by atoms with Crippen LogP contribution in [0.3, 0.4) is 0 Å². The zero-order valence-corrected chi connectivity index (χ0v) is 20.3. The van der Waals surface area contributed by atoms with E-state index >= 15 is 0 Å². The second-order valence-electron chi connectivity index (χ2n) is 8.88. The van der Waals surface area contributed by atoms with E-state index in [1.165, 1.54) is 52.8 Å². The van der Waals surface area contributed by atoms with E-state index < -0.39 is 0 Å². The van der Waals surface area contributed by atoms with Gasteiger partial charge in [0, 0.05) is 42.8 Å². The number of hydrogen-bond donors (Lipinski definition) is 0. The van der Waals surface area contributed by atoms with E-state index in [4.69, 9.17) is 16.6 Å². The van der Waals surface area contributed by atoms with Crippen molar-refractivity contribution in [1.29, 1.82) is 0 Å². The van der Waals surface area contributed by atoms with E-state index in [2.05, 4.69) is 51.0 Å². The molecule has 3 aromatic heterocycles. The highest BCUT2D eigenvalue weighted by Crippen LogP contribution is 2.43. The smallest absolute Gasteiger partial charge is 0.225 e. The van der Waals surface area contributed by atoms with Crippen molar-refractivity contribution in [3.63, 3.8) is 0 Å². The minimum atomic E-state index is 0.322.